The van der Waals surface area contributed by atoms with Crippen LogP contribution in [0.15, 0.2) is 0 Å². The molecule has 1 saturated carbocycles. The first-order valence-corrected chi connectivity index (χ1v) is 8.25. The smallest absolute Gasteiger partial charge is 0.308 e. The highest BCUT2D eigenvalue weighted by molar-refractivity contribution is 7.15. The van der Waals surface area contributed by atoms with E-state index >= 15 is 0 Å². The van der Waals surface area contributed by atoms with Crippen molar-refractivity contribution < 1.29 is 9.53 Å². The second kappa shape index (κ2) is 6.08. The molecule has 0 aromatic carbocycles. The summed E-state index contributed by atoms with van der Waals surface area (Å²) in [7, 11) is 1.47. The highest BCUT2D eigenvalue weighted by Crippen LogP contribution is 2.37. The van der Waals surface area contributed by atoms with Crippen molar-refractivity contribution in [3.05, 3.63) is 5.01 Å². The lowest BCUT2D eigenvalue weighted by molar-refractivity contribution is -0.146. The van der Waals surface area contributed by atoms with Crippen molar-refractivity contribution in [2.75, 3.05) is 25.1 Å². The Kier molecular flexibility index (Phi) is 4.19. The van der Waals surface area contributed by atoms with Crippen molar-refractivity contribution in [1.29, 1.82) is 0 Å². The van der Waals surface area contributed by atoms with E-state index in [9.17, 15) is 4.79 Å². The molecule has 2 aliphatic rings. The zero-order valence-corrected chi connectivity index (χ0v) is 12.7. The SMILES string of the molecule is COC(=O)C1CCN(c2nnc(C3CCCC3)s2)CC1. The monoisotopic (exact) mass is 295 g/mol. The number of ether oxygens (including phenoxy) is 1. The van der Waals surface area contributed by atoms with Gasteiger partial charge in [0.2, 0.25) is 5.13 Å². The standard InChI is InChI=1S/C14H21N3O2S/c1-19-13(18)11-6-8-17(9-7-11)14-16-15-12(20-14)10-4-2-3-5-10/h10-11H,2-9H2,1H3. The largest absolute Gasteiger partial charge is 0.469 e. The second-order valence-electron chi connectivity index (χ2n) is 5.69. The summed E-state index contributed by atoms with van der Waals surface area (Å²) in [6, 6.07) is 0. The molecule has 3 rings (SSSR count). The maximum absolute atomic E-state index is 11.5. The molecule has 0 radical (unpaired) electrons. The lowest BCUT2D eigenvalue weighted by Crippen LogP contribution is -2.36. The quantitative estimate of drug-likeness (QED) is 0.802. The summed E-state index contributed by atoms with van der Waals surface area (Å²) in [6.07, 6.45) is 6.88. The molecule has 0 unspecified atom stereocenters. The fourth-order valence-corrected chi connectivity index (χ4v) is 4.23. The Balaban J connectivity index is 1.59. The number of nitrogens with zero attached hydrogens (tertiary/aromatic N) is 3. The molecule has 6 heteroatoms. The summed E-state index contributed by atoms with van der Waals surface area (Å²) in [5.41, 5.74) is 0. The number of carbonyl (C=O) groups excluding carboxylic acids is 1. The van der Waals surface area contributed by atoms with Crippen molar-refractivity contribution in [1.82, 2.24) is 10.2 Å². The van der Waals surface area contributed by atoms with E-state index in [4.69, 9.17) is 4.74 Å². The van der Waals surface area contributed by atoms with E-state index in [0.717, 1.165) is 31.1 Å². The van der Waals surface area contributed by atoms with Crippen LogP contribution in [0.3, 0.4) is 0 Å². The van der Waals surface area contributed by atoms with Crippen LogP contribution in [0.25, 0.3) is 0 Å². The molecule has 0 N–H and O–H groups in total. The van der Waals surface area contributed by atoms with Crippen LogP contribution in [0, 0.1) is 5.92 Å². The highest BCUT2D eigenvalue weighted by Gasteiger charge is 2.28. The average molecular weight is 295 g/mol. The zero-order chi connectivity index (χ0) is 13.9. The molecule has 0 spiro atoms. The maximum Gasteiger partial charge on any atom is 0.308 e. The molecule has 1 aliphatic heterocycles. The first kappa shape index (κ1) is 13.8. The number of rotatable bonds is 3. The molecule has 1 aliphatic carbocycles. The third-order valence-electron chi connectivity index (χ3n) is 4.43. The Morgan fingerprint density at radius 1 is 1.20 bits per heavy atom. The Hall–Kier alpha value is -1.17. The van der Waals surface area contributed by atoms with E-state index in [1.165, 1.54) is 37.8 Å². The predicted molar refractivity (Wildman–Crippen MR) is 78.1 cm³/mol. The highest BCUT2D eigenvalue weighted by atomic mass is 32.1. The van der Waals surface area contributed by atoms with Gasteiger partial charge in [-0.2, -0.15) is 0 Å². The molecule has 20 heavy (non-hydrogen) atoms. The fourth-order valence-electron chi connectivity index (χ4n) is 3.17. The molecule has 1 aromatic heterocycles. The Morgan fingerprint density at radius 3 is 2.55 bits per heavy atom. The topological polar surface area (TPSA) is 55.3 Å². The van der Waals surface area contributed by atoms with Crippen LogP contribution < -0.4 is 4.90 Å². The van der Waals surface area contributed by atoms with Gasteiger partial charge in [0.15, 0.2) is 0 Å². The summed E-state index contributed by atoms with van der Waals surface area (Å²) in [4.78, 5) is 13.8. The fraction of sp³-hybridized carbons (Fsp3) is 0.786. The lowest BCUT2D eigenvalue weighted by atomic mass is 9.97. The first-order valence-electron chi connectivity index (χ1n) is 7.44. The summed E-state index contributed by atoms with van der Waals surface area (Å²) in [5, 5.41) is 11.0. The van der Waals surface area contributed by atoms with Crippen molar-refractivity contribution in [2.45, 2.75) is 44.4 Å². The van der Waals surface area contributed by atoms with Crippen LogP contribution in [-0.2, 0) is 9.53 Å². The molecular weight excluding hydrogens is 274 g/mol. The van der Waals surface area contributed by atoms with E-state index < -0.39 is 0 Å². The van der Waals surface area contributed by atoms with Crippen LogP contribution in [-0.4, -0.2) is 36.4 Å². The van der Waals surface area contributed by atoms with Gasteiger partial charge in [0, 0.05) is 19.0 Å². The second-order valence-corrected chi connectivity index (χ2v) is 6.68. The minimum absolute atomic E-state index is 0.0541. The average Bonchev–Trinajstić information content (AvgIpc) is 3.17. The van der Waals surface area contributed by atoms with E-state index in [1.807, 2.05) is 0 Å². The molecule has 5 nitrogen and oxygen atoms in total. The van der Waals surface area contributed by atoms with Gasteiger partial charge in [0.25, 0.3) is 0 Å². The van der Waals surface area contributed by atoms with Crippen LogP contribution >= 0.6 is 11.3 Å². The van der Waals surface area contributed by atoms with Gasteiger partial charge in [-0.25, -0.2) is 0 Å². The molecule has 110 valence electrons. The van der Waals surface area contributed by atoms with Crippen LogP contribution in [0.5, 0.6) is 0 Å². The molecule has 1 saturated heterocycles. The normalized spacial score (nSPS) is 21.4. The zero-order valence-electron chi connectivity index (χ0n) is 11.9. The number of piperidine rings is 1. The van der Waals surface area contributed by atoms with Gasteiger partial charge in [-0.15, -0.1) is 10.2 Å². The maximum atomic E-state index is 11.5. The van der Waals surface area contributed by atoms with Crippen molar-refractivity contribution in [2.24, 2.45) is 5.92 Å². The van der Waals surface area contributed by atoms with Crippen LogP contribution in [0.4, 0.5) is 5.13 Å². The third-order valence-corrected chi connectivity index (χ3v) is 5.58. The molecule has 0 bridgehead atoms. The number of esters is 1. The lowest BCUT2D eigenvalue weighted by Gasteiger charge is -2.29. The van der Waals surface area contributed by atoms with Gasteiger partial charge in [0.05, 0.1) is 13.0 Å². The Morgan fingerprint density at radius 2 is 1.90 bits per heavy atom. The molecule has 2 fully saturated rings. The van der Waals surface area contributed by atoms with Gasteiger partial charge in [-0.05, 0) is 25.7 Å². The van der Waals surface area contributed by atoms with Gasteiger partial charge in [0.1, 0.15) is 5.01 Å². The Labute approximate surface area is 123 Å². The summed E-state index contributed by atoms with van der Waals surface area (Å²) in [6.45, 7) is 1.75. The van der Waals surface area contributed by atoms with Gasteiger partial charge >= 0.3 is 5.97 Å². The molecule has 2 heterocycles. The third kappa shape index (κ3) is 2.80. The Bertz CT molecular complexity index is 463. The summed E-state index contributed by atoms with van der Waals surface area (Å²) < 4.78 is 4.82. The number of anilines is 1. The summed E-state index contributed by atoms with van der Waals surface area (Å²) >= 11 is 1.74. The molecule has 1 aromatic rings. The summed E-state index contributed by atoms with van der Waals surface area (Å²) in [5.74, 6) is 0.612. The van der Waals surface area contributed by atoms with Gasteiger partial charge in [-0.3, -0.25) is 4.79 Å². The minimum Gasteiger partial charge on any atom is -0.469 e. The van der Waals surface area contributed by atoms with Gasteiger partial charge < -0.3 is 9.64 Å². The molecule has 0 atom stereocenters. The minimum atomic E-state index is -0.0754. The number of hydrogen-bond donors (Lipinski definition) is 0. The number of carbonyl (C=O) groups is 1. The number of methoxy groups -OCH3 is 1. The van der Waals surface area contributed by atoms with Crippen molar-refractivity contribution in [3.8, 4) is 0 Å². The number of aromatic nitrogens is 2. The molecular formula is C14H21N3O2S. The number of hydrogen-bond acceptors (Lipinski definition) is 6. The van der Waals surface area contributed by atoms with Crippen LogP contribution in [0.1, 0.15) is 49.5 Å². The first-order chi connectivity index (χ1) is 9.78. The van der Waals surface area contributed by atoms with E-state index in [2.05, 4.69) is 15.1 Å². The van der Waals surface area contributed by atoms with Crippen molar-refractivity contribution in [3.63, 3.8) is 0 Å². The molecule has 0 amide bonds. The van der Waals surface area contributed by atoms with E-state index in [1.54, 1.807) is 11.3 Å². The van der Waals surface area contributed by atoms with E-state index in [-0.39, 0.29) is 11.9 Å². The van der Waals surface area contributed by atoms with Gasteiger partial charge in [-0.1, -0.05) is 24.2 Å². The predicted octanol–water partition coefficient (Wildman–Crippen LogP) is 2.59. The van der Waals surface area contributed by atoms with E-state index in [0.29, 0.717) is 5.92 Å². The van der Waals surface area contributed by atoms with Crippen molar-refractivity contribution >= 4 is 22.4 Å². The van der Waals surface area contributed by atoms with Crippen LogP contribution in [0.2, 0.25) is 0 Å².